The molecular weight excluding hydrogens is 544 g/mol. The Bertz CT molecular complexity index is 1340. The van der Waals surface area contributed by atoms with Crippen LogP contribution in [0, 0.1) is 0 Å². The van der Waals surface area contributed by atoms with E-state index < -0.39 is 0 Å². The first kappa shape index (κ1) is 23.8. The molecule has 6 heteroatoms. The summed E-state index contributed by atoms with van der Waals surface area (Å²) in [6.07, 6.45) is 0. The first-order valence-electron chi connectivity index (χ1n) is 10.8. The molecule has 0 atom stereocenters. The number of nitrogens with zero attached hydrogens (tertiary/aromatic N) is 2. The van der Waals surface area contributed by atoms with Crippen LogP contribution >= 0.6 is 31.9 Å². The molecule has 4 nitrogen and oxygen atoms in total. The fourth-order valence-electron chi connectivity index (χ4n) is 4.10. The van der Waals surface area contributed by atoms with Gasteiger partial charge in [-0.1, -0.05) is 69.6 Å². The smallest absolute Gasteiger partial charge is 0.149 e. The summed E-state index contributed by atoms with van der Waals surface area (Å²) in [6, 6.07) is 15.7. The van der Waals surface area contributed by atoms with Crippen LogP contribution in [0.15, 0.2) is 57.5 Å². The standard InChI is InChI=1S/C27H28Br2N2O2/c1-26(2,3)18-13-16(14-19(24(18)33)27(4,5)6)31-22-10-8-7-9-21(22)30-25(31)17-11-15(28)12-20(29)23(17)32/h7-14,32-33H,1-6H3. The highest BCUT2D eigenvalue weighted by Crippen LogP contribution is 2.44. The minimum absolute atomic E-state index is 0.126. The van der Waals surface area contributed by atoms with Gasteiger partial charge in [0, 0.05) is 21.3 Å². The highest BCUT2D eigenvalue weighted by atomic mass is 79.9. The van der Waals surface area contributed by atoms with Crippen molar-refractivity contribution < 1.29 is 10.2 Å². The SMILES string of the molecule is CC(C)(C)c1cc(-n2c(-c3cc(Br)cc(Br)c3O)nc3ccccc32)cc(C(C)(C)C)c1O. The van der Waals surface area contributed by atoms with E-state index in [1.54, 1.807) is 0 Å². The van der Waals surface area contributed by atoms with Crippen molar-refractivity contribution in [2.24, 2.45) is 0 Å². The van der Waals surface area contributed by atoms with Crippen molar-refractivity contribution >= 4 is 42.9 Å². The molecule has 0 spiro atoms. The fraction of sp³-hybridized carbons (Fsp3) is 0.296. The monoisotopic (exact) mass is 570 g/mol. The van der Waals surface area contributed by atoms with E-state index >= 15 is 0 Å². The lowest BCUT2D eigenvalue weighted by Crippen LogP contribution is -2.18. The zero-order valence-electron chi connectivity index (χ0n) is 19.7. The Morgan fingerprint density at radius 2 is 1.36 bits per heavy atom. The van der Waals surface area contributed by atoms with Crippen molar-refractivity contribution in [3.63, 3.8) is 0 Å². The molecular formula is C27H28Br2N2O2. The summed E-state index contributed by atoms with van der Waals surface area (Å²) in [5.74, 6) is 1.08. The van der Waals surface area contributed by atoms with Crippen molar-refractivity contribution in [1.82, 2.24) is 9.55 Å². The number of halogens is 2. The molecule has 0 amide bonds. The molecule has 0 saturated carbocycles. The predicted molar refractivity (Wildman–Crippen MR) is 143 cm³/mol. The normalized spacial score (nSPS) is 12.5. The first-order valence-corrected chi connectivity index (χ1v) is 12.4. The van der Waals surface area contributed by atoms with E-state index in [9.17, 15) is 10.2 Å². The molecule has 0 aliphatic carbocycles. The second kappa shape index (κ2) is 8.17. The van der Waals surface area contributed by atoms with Crippen molar-refractivity contribution in [1.29, 1.82) is 0 Å². The molecule has 1 heterocycles. The molecule has 0 aliphatic rings. The molecule has 3 aromatic carbocycles. The maximum Gasteiger partial charge on any atom is 0.149 e. The van der Waals surface area contributed by atoms with Crippen LogP contribution in [-0.4, -0.2) is 19.8 Å². The van der Waals surface area contributed by atoms with Gasteiger partial charge < -0.3 is 10.2 Å². The van der Waals surface area contributed by atoms with Crippen LogP contribution in [0.1, 0.15) is 52.7 Å². The molecule has 33 heavy (non-hydrogen) atoms. The quantitative estimate of drug-likeness (QED) is 0.255. The molecule has 2 N–H and O–H groups in total. The third-order valence-corrected chi connectivity index (χ3v) is 6.86. The molecule has 0 radical (unpaired) electrons. The lowest BCUT2D eigenvalue weighted by molar-refractivity contribution is 0.423. The number of rotatable bonds is 2. The van der Waals surface area contributed by atoms with Gasteiger partial charge in [-0.25, -0.2) is 4.98 Å². The molecule has 4 rings (SSSR count). The zero-order chi connectivity index (χ0) is 24.3. The summed E-state index contributed by atoms with van der Waals surface area (Å²) < 4.78 is 3.48. The molecule has 0 fully saturated rings. The number of para-hydroxylation sites is 2. The molecule has 0 unspecified atom stereocenters. The Balaban J connectivity index is 2.15. The van der Waals surface area contributed by atoms with Crippen molar-refractivity contribution in [2.75, 3.05) is 0 Å². The first-order chi connectivity index (χ1) is 15.3. The van der Waals surface area contributed by atoms with E-state index in [-0.39, 0.29) is 16.6 Å². The molecule has 1 aromatic heterocycles. The summed E-state index contributed by atoms with van der Waals surface area (Å²) in [6.45, 7) is 12.6. The Labute approximate surface area is 211 Å². The number of fused-ring (bicyclic) bond motifs is 1. The van der Waals surface area contributed by atoms with E-state index in [0.717, 1.165) is 32.3 Å². The minimum atomic E-state index is -0.266. The number of benzene rings is 3. The molecule has 4 aromatic rings. The number of imidazole rings is 1. The summed E-state index contributed by atoms with van der Waals surface area (Å²) in [7, 11) is 0. The average molecular weight is 572 g/mol. The Hall–Kier alpha value is -2.31. The third kappa shape index (κ3) is 4.31. The third-order valence-electron chi connectivity index (χ3n) is 5.80. The zero-order valence-corrected chi connectivity index (χ0v) is 22.8. The van der Waals surface area contributed by atoms with Crippen LogP contribution in [0.25, 0.3) is 28.1 Å². The van der Waals surface area contributed by atoms with Gasteiger partial charge in [-0.15, -0.1) is 0 Å². The van der Waals surface area contributed by atoms with Gasteiger partial charge in [0.25, 0.3) is 0 Å². The molecule has 0 bridgehead atoms. The highest BCUT2D eigenvalue weighted by Gasteiger charge is 2.28. The van der Waals surface area contributed by atoms with E-state index in [1.165, 1.54) is 0 Å². The van der Waals surface area contributed by atoms with Crippen LogP contribution in [0.5, 0.6) is 11.5 Å². The molecule has 0 saturated heterocycles. The summed E-state index contributed by atoms with van der Waals surface area (Å²) in [5.41, 5.74) is 4.45. The fourth-order valence-corrected chi connectivity index (χ4v) is 5.32. The van der Waals surface area contributed by atoms with Crippen LogP contribution in [-0.2, 0) is 10.8 Å². The molecule has 0 aliphatic heterocycles. The van der Waals surface area contributed by atoms with E-state index in [4.69, 9.17) is 4.98 Å². The largest absolute Gasteiger partial charge is 0.507 e. The number of aromatic hydroxyl groups is 2. The number of hydrogen-bond acceptors (Lipinski definition) is 3. The highest BCUT2D eigenvalue weighted by molar-refractivity contribution is 9.11. The number of phenolic OH excluding ortho intramolecular Hbond substituents is 2. The summed E-state index contributed by atoms with van der Waals surface area (Å²) in [5, 5.41) is 22.1. The van der Waals surface area contributed by atoms with Crippen LogP contribution in [0.2, 0.25) is 0 Å². The average Bonchev–Trinajstić information content (AvgIpc) is 3.08. The predicted octanol–water partition coefficient (Wildman–Crippen LogP) is 8.22. The lowest BCUT2D eigenvalue weighted by atomic mass is 9.79. The topological polar surface area (TPSA) is 58.3 Å². The summed E-state index contributed by atoms with van der Waals surface area (Å²) >= 11 is 7.00. The van der Waals surface area contributed by atoms with Crippen molar-refractivity contribution in [3.05, 3.63) is 68.6 Å². The van der Waals surface area contributed by atoms with Gasteiger partial charge in [-0.3, -0.25) is 4.57 Å². The minimum Gasteiger partial charge on any atom is -0.507 e. The second-order valence-electron chi connectivity index (χ2n) is 10.4. The van der Waals surface area contributed by atoms with E-state index in [2.05, 4.69) is 78.0 Å². The van der Waals surface area contributed by atoms with Crippen molar-refractivity contribution in [3.8, 4) is 28.6 Å². The van der Waals surface area contributed by atoms with E-state index in [0.29, 0.717) is 21.6 Å². The Kier molecular flexibility index (Phi) is 5.90. The van der Waals surface area contributed by atoms with Gasteiger partial charge in [-0.05, 0) is 63.2 Å². The lowest BCUT2D eigenvalue weighted by Gasteiger charge is -2.28. The van der Waals surface area contributed by atoms with Gasteiger partial charge in [-0.2, -0.15) is 0 Å². The number of phenols is 2. The van der Waals surface area contributed by atoms with Crippen LogP contribution < -0.4 is 0 Å². The number of hydrogen-bond donors (Lipinski definition) is 2. The second-order valence-corrected chi connectivity index (χ2v) is 12.2. The van der Waals surface area contributed by atoms with Crippen LogP contribution in [0.3, 0.4) is 0 Å². The van der Waals surface area contributed by atoms with Crippen LogP contribution in [0.4, 0.5) is 0 Å². The van der Waals surface area contributed by atoms with Gasteiger partial charge >= 0.3 is 0 Å². The van der Waals surface area contributed by atoms with E-state index in [1.807, 2.05) is 48.5 Å². The van der Waals surface area contributed by atoms with Gasteiger partial charge in [0.1, 0.15) is 17.3 Å². The molecule has 172 valence electrons. The van der Waals surface area contributed by atoms with Gasteiger partial charge in [0.2, 0.25) is 0 Å². The maximum absolute atomic E-state index is 11.2. The van der Waals surface area contributed by atoms with Gasteiger partial charge in [0.15, 0.2) is 0 Å². The number of aromatic nitrogens is 2. The van der Waals surface area contributed by atoms with Gasteiger partial charge in [0.05, 0.1) is 21.1 Å². The Morgan fingerprint density at radius 3 is 1.94 bits per heavy atom. The maximum atomic E-state index is 11.2. The Morgan fingerprint density at radius 1 is 0.788 bits per heavy atom. The van der Waals surface area contributed by atoms with Crippen molar-refractivity contribution in [2.45, 2.75) is 52.4 Å². The summed E-state index contributed by atoms with van der Waals surface area (Å²) in [4.78, 5) is 4.91.